The summed E-state index contributed by atoms with van der Waals surface area (Å²) in [6.45, 7) is 7.45. The summed E-state index contributed by atoms with van der Waals surface area (Å²) in [5, 5.41) is 2.97. The van der Waals surface area contributed by atoms with Crippen LogP contribution >= 0.6 is 11.3 Å². The molecule has 0 bridgehead atoms. The quantitative estimate of drug-likeness (QED) is 0.435. The summed E-state index contributed by atoms with van der Waals surface area (Å²) in [6, 6.07) is 10.3. The fraction of sp³-hybridized carbons (Fsp3) is 0.333. The number of rotatable bonds is 5. The number of anilines is 1. The second-order valence-corrected chi connectivity index (χ2v) is 8.77. The van der Waals surface area contributed by atoms with Gasteiger partial charge in [0.25, 0.3) is 0 Å². The largest absolute Gasteiger partial charge is 0.378 e. The van der Waals surface area contributed by atoms with Crippen molar-refractivity contribution >= 4 is 28.1 Å². The van der Waals surface area contributed by atoms with Gasteiger partial charge in [0, 0.05) is 42.5 Å². The van der Waals surface area contributed by atoms with E-state index in [2.05, 4.69) is 32.7 Å². The van der Waals surface area contributed by atoms with Crippen molar-refractivity contribution < 1.29 is 9.13 Å². The van der Waals surface area contributed by atoms with Crippen LogP contribution in [-0.2, 0) is 18.0 Å². The molecule has 0 amide bonds. The topological polar surface area (TPSA) is 43.2 Å². The lowest BCUT2D eigenvalue weighted by atomic mass is 10.0. The predicted octanol–water partition coefficient (Wildman–Crippen LogP) is 5.13. The van der Waals surface area contributed by atoms with Crippen molar-refractivity contribution in [3.05, 3.63) is 64.4 Å². The molecule has 0 unspecified atom stereocenters. The van der Waals surface area contributed by atoms with E-state index in [1.807, 2.05) is 37.6 Å². The molecule has 0 atom stereocenters. The molecular weight excluding hydrogens is 411 g/mol. The number of imidazole rings is 1. The lowest BCUT2D eigenvalue weighted by molar-refractivity contribution is 0.122. The van der Waals surface area contributed by atoms with Crippen molar-refractivity contribution in [2.24, 2.45) is 0 Å². The van der Waals surface area contributed by atoms with Gasteiger partial charge in [-0.05, 0) is 42.7 Å². The Kier molecular flexibility index (Phi) is 5.46. The number of benzene rings is 2. The number of thiazole rings is 1. The summed E-state index contributed by atoms with van der Waals surface area (Å²) in [4.78, 5) is 11.9. The van der Waals surface area contributed by atoms with Crippen molar-refractivity contribution in [2.45, 2.75) is 27.1 Å². The predicted molar refractivity (Wildman–Crippen MR) is 124 cm³/mol. The van der Waals surface area contributed by atoms with E-state index < -0.39 is 6.67 Å². The number of hydrogen-bond donors (Lipinski definition) is 0. The Hall–Kier alpha value is -2.77. The zero-order chi connectivity index (χ0) is 21.4. The average Bonchev–Trinajstić information content (AvgIpc) is 3.44. The van der Waals surface area contributed by atoms with Crippen LogP contribution in [0.2, 0.25) is 0 Å². The number of nitrogens with zero attached hydrogens (tertiary/aromatic N) is 4. The Morgan fingerprint density at radius 1 is 1.13 bits per heavy atom. The molecule has 0 saturated carbocycles. The van der Waals surface area contributed by atoms with E-state index in [1.165, 1.54) is 0 Å². The van der Waals surface area contributed by atoms with Crippen LogP contribution in [0.3, 0.4) is 0 Å². The van der Waals surface area contributed by atoms with Gasteiger partial charge in [-0.25, -0.2) is 14.4 Å². The normalized spacial score (nSPS) is 14.5. The van der Waals surface area contributed by atoms with Gasteiger partial charge >= 0.3 is 0 Å². The van der Waals surface area contributed by atoms with Crippen LogP contribution in [0.1, 0.15) is 22.5 Å². The molecule has 160 valence electrons. The second-order valence-electron chi connectivity index (χ2n) is 7.88. The highest BCUT2D eigenvalue weighted by molar-refractivity contribution is 7.13. The SMILES string of the molecule is Cc1c(CF)cccc1Cn1c(C)nc2c(-c3nccs3)cc(N3CCOCC3)cc21. The smallest absolute Gasteiger partial charge is 0.125 e. The van der Waals surface area contributed by atoms with Crippen LogP contribution in [0.25, 0.3) is 21.6 Å². The number of ether oxygens (including phenoxy) is 1. The van der Waals surface area contributed by atoms with Crippen molar-refractivity contribution in [1.29, 1.82) is 0 Å². The highest BCUT2D eigenvalue weighted by Crippen LogP contribution is 2.35. The molecule has 5 nitrogen and oxygen atoms in total. The van der Waals surface area contributed by atoms with Crippen LogP contribution in [-0.4, -0.2) is 40.8 Å². The molecule has 0 radical (unpaired) electrons. The third-order valence-electron chi connectivity index (χ3n) is 6.10. The third kappa shape index (κ3) is 3.72. The van der Waals surface area contributed by atoms with Crippen LogP contribution in [0.4, 0.5) is 10.1 Å². The number of aromatic nitrogens is 3. The van der Waals surface area contributed by atoms with Gasteiger partial charge in [-0.15, -0.1) is 11.3 Å². The Labute approximate surface area is 185 Å². The molecule has 0 aliphatic carbocycles. The second kappa shape index (κ2) is 8.40. The van der Waals surface area contributed by atoms with Crippen molar-refractivity contribution in [3.8, 4) is 10.6 Å². The Morgan fingerprint density at radius 2 is 1.94 bits per heavy atom. The van der Waals surface area contributed by atoms with E-state index in [9.17, 15) is 4.39 Å². The molecule has 1 aliphatic rings. The van der Waals surface area contributed by atoms with Gasteiger partial charge in [0.1, 0.15) is 17.5 Å². The molecule has 3 heterocycles. The average molecular weight is 437 g/mol. The molecule has 2 aromatic carbocycles. The minimum Gasteiger partial charge on any atom is -0.378 e. The first-order chi connectivity index (χ1) is 15.2. The molecule has 5 rings (SSSR count). The van der Waals surface area contributed by atoms with Crippen molar-refractivity contribution in [3.63, 3.8) is 0 Å². The molecule has 4 aromatic rings. The molecule has 1 fully saturated rings. The maximum absolute atomic E-state index is 13.4. The maximum Gasteiger partial charge on any atom is 0.125 e. The third-order valence-corrected chi connectivity index (χ3v) is 6.91. The summed E-state index contributed by atoms with van der Waals surface area (Å²) < 4.78 is 21.2. The van der Waals surface area contributed by atoms with E-state index in [1.54, 1.807) is 11.3 Å². The molecule has 2 aromatic heterocycles. The van der Waals surface area contributed by atoms with Crippen LogP contribution < -0.4 is 4.90 Å². The van der Waals surface area contributed by atoms with Crippen molar-refractivity contribution in [2.75, 3.05) is 31.2 Å². The van der Waals surface area contributed by atoms with Gasteiger partial charge in [-0.3, -0.25) is 0 Å². The molecule has 0 N–H and O–H groups in total. The molecule has 1 saturated heterocycles. The number of aryl methyl sites for hydroxylation is 1. The number of morpholine rings is 1. The standard InChI is InChI=1S/C24H25FN4OS/c1-16-18(14-25)4-3-5-19(16)15-29-17(2)27-23-21(24-26-6-11-31-24)12-20(13-22(23)29)28-7-9-30-10-8-28/h3-6,11-13H,7-10,14-15H2,1-2H3. The van der Waals surface area contributed by atoms with Gasteiger partial charge < -0.3 is 14.2 Å². The first-order valence-electron chi connectivity index (χ1n) is 10.5. The molecule has 7 heteroatoms. The Morgan fingerprint density at radius 3 is 2.68 bits per heavy atom. The summed E-state index contributed by atoms with van der Waals surface area (Å²) in [6.07, 6.45) is 1.84. The molecular formula is C24H25FN4OS. The number of hydrogen-bond acceptors (Lipinski definition) is 5. The number of alkyl halides is 1. The molecule has 0 spiro atoms. The highest BCUT2D eigenvalue weighted by Gasteiger charge is 2.20. The summed E-state index contributed by atoms with van der Waals surface area (Å²) in [5.41, 5.74) is 7.14. The van der Waals surface area contributed by atoms with E-state index in [0.29, 0.717) is 6.54 Å². The molecule has 1 aliphatic heterocycles. The minimum atomic E-state index is -0.446. The Balaban J connectivity index is 1.67. The van der Waals surface area contributed by atoms with Gasteiger partial charge in [0.15, 0.2) is 0 Å². The fourth-order valence-electron chi connectivity index (χ4n) is 4.27. The van der Waals surface area contributed by atoms with E-state index in [4.69, 9.17) is 9.72 Å². The van der Waals surface area contributed by atoms with Gasteiger partial charge in [0.05, 0.1) is 24.2 Å². The van der Waals surface area contributed by atoms with E-state index in [0.717, 1.165) is 76.1 Å². The summed E-state index contributed by atoms with van der Waals surface area (Å²) in [7, 11) is 0. The summed E-state index contributed by atoms with van der Waals surface area (Å²) >= 11 is 1.63. The monoisotopic (exact) mass is 436 g/mol. The molecule has 31 heavy (non-hydrogen) atoms. The zero-order valence-electron chi connectivity index (χ0n) is 17.8. The van der Waals surface area contributed by atoms with Gasteiger partial charge in [-0.1, -0.05) is 18.2 Å². The lowest BCUT2D eigenvalue weighted by Gasteiger charge is -2.29. The van der Waals surface area contributed by atoms with Crippen LogP contribution in [0, 0.1) is 13.8 Å². The first-order valence-corrected chi connectivity index (χ1v) is 11.4. The van der Waals surface area contributed by atoms with Crippen LogP contribution in [0.5, 0.6) is 0 Å². The highest BCUT2D eigenvalue weighted by atomic mass is 32.1. The van der Waals surface area contributed by atoms with E-state index >= 15 is 0 Å². The first kappa shape index (κ1) is 20.2. The summed E-state index contributed by atoms with van der Waals surface area (Å²) in [5.74, 6) is 0.942. The van der Waals surface area contributed by atoms with Gasteiger partial charge in [0.2, 0.25) is 0 Å². The minimum absolute atomic E-state index is 0.446. The number of fused-ring (bicyclic) bond motifs is 1. The lowest BCUT2D eigenvalue weighted by Crippen LogP contribution is -2.36. The van der Waals surface area contributed by atoms with Crippen LogP contribution in [0.15, 0.2) is 41.9 Å². The Bertz CT molecular complexity index is 1210. The van der Waals surface area contributed by atoms with Gasteiger partial charge in [-0.2, -0.15) is 0 Å². The van der Waals surface area contributed by atoms with E-state index in [-0.39, 0.29) is 0 Å². The van der Waals surface area contributed by atoms with Crippen molar-refractivity contribution in [1.82, 2.24) is 14.5 Å². The zero-order valence-corrected chi connectivity index (χ0v) is 18.6. The number of halogens is 1. The maximum atomic E-state index is 13.4. The fourth-order valence-corrected chi connectivity index (χ4v) is 4.93.